The van der Waals surface area contributed by atoms with Gasteiger partial charge in [-0.25, -0.2) is 0 Å². The summed E-state index contributed by atoms with van der Waals surface area (Å²) in [6.07, 6.45) is -4.85. The molecule has 1 aromatic carbocycles. The standard InChI is InChI=1S/C14H16F3NO4/c15-14(16,17)9-20-6-5-13(19)18-7-10-8-21-11-3-1-2-4-12(11)22-10/h1-4,10H,5-9H2,(H,18,19). The van der Waals surface area contributed by atoms with Crippen LogP contribution in [0.5, 0.6) is 11.5 Å². The van der Waals surface area contributed by atoms with Crippen LogP contribution >= 0.6 is 0 Å². The highest BCUT2D eigenvalue weighted by molar-refractivity contribution is 5.75. The van der Waals surface area contributed by atoms with Gasteiger partial charge in [0.15, 0.2) is 11.5 Å². The molecule has 22 heavy (non-hydrogen) atoms. The number of amides is 1. The fourth-order valence-corrected chi connectivity index (χ4v) is 1.83. The Bertz CT molecular complexity index is 507. The summed E-state index contributed by atoms with van der Waals surface area (Å²) in [5.41, 5.74) is 0. The lowest BCUT2D eigenvalue weighted by Crippen LogP contribution is -2.41. The van der Waals surface area contributed by atoms with E-state index < -0.39 is 18.7 Å². The van der Waals surface area contributed by atoms with Crippen molar-refractivity contribution in [2.45, 2.75) is 18.7 Å². The maximum Gasteiger partial charge on any atom is 0.411 e. The number of carbonyl (C=O) groups excluding carboxylic acids is 1. The molecular weight excluding hydrogens is 303 g/mol. The third-order valence-electron chi connectivity index (χ3n) is 2.83. The number of hydrogen-bond acceptors (Lipinski definition) is 4. The number of nitrogens with one attached hydrogen (secondary N) is 1. The number of rotatable bonds is 6. The van der Waals surface area contributed by atoms with Crippen LogP contribution < -0.4 is 14.8 Å². The Morgan fingerprint density at radius 1 is 1.32 bits per heavy atom. The minimum absolute atomic E-state index is 0.139. The summed E-state index contributed by atoms with van der Waals surface area (Å²) < 4.78 is 51.0. The zero-order valence-electron chi connectivity index (χ0n) is 11.7. The smallest absolute Gasteiger partial charge is 0.411 e. The highest BCUT2D eigenvalue weighted by atomic mass is 19.4. The molecule has 0 fully saturated rings. The highest BCUT2D eigenvalue weighted by Gasteiger charge is 2.27. The highest BCUT2D eigenvalue weighted by Crippen LogP contribution is 2.30. The Labute approximate surface area is 125 Å². The maximum atomic E-state index is 11.8. The number of hydrogen-bond donors (Lipinski definition) is 1. The summed E-state index contributed by atoms with van der Waals surface area (Å²) in [5.74, 6) is 0.844. The molecule has 0 saturated heterocycles. The van der Waals surface area contributed by atoms with Gasteiger partial charge in [-0.3, -0.25) is 4.79 Å². The van der Waals surface area contributed by atoms with Crippen LogP contribution in [0, 0.1) is 0 Å². The van der Waals surface area contributed by atoms with Crippen LogP contribution in [0.4, 0.5) is 13.2 Å². The van der Waals surface area contributed by atoms with E-state index in [1.165, 1.54) is 0 Å². The molecule has 1 aliphatic rings. The summed E-state index contributed by atoms with van der Waals surface area (Å²) in [6.45, 7) is -1.12. The van der Waals surface area contributed by atoms with E-state index in [-0.39, 0.29) is 25.7 Å². The van der Waals surface area contributed by atoms with Crippen molar-refractivity contribution in [1.29, 1.82) is 0 Å². The predicted octanol–water partition coefficient (Wildman–Crippen LogP) is 1.91. The molecule has 122 valence electrons. The topological polar surface area (TPSA) is 56.8 Å². The zero-order valence-corrected chi connectivity index (χ0v) is 11.7. The largest absolute Gasteiger partial charge is 0.486 e. The van der Waals surface area contributed by atoms with Gasteiger partial charge in [-0.1, -0.05) is 12.1 Å². The normalized spacial score (nSPS) is 17.1. The van der Waals surface area contributed by atoms with Gasteiger partial charge in [-0.05, 0) is 12.1 Å². The van der Waals surface area contributed by atoms with Crippen LogP contribution in [0.2, 0.25) is 0 Å². The van der Waals surface area contributed by atoms with Gasteiger partial charge < -0.3 is 19.5 Å². The van der Waals surface area contributed by atoms with Crippen LogP contribution in [0.15, 0.2) is 24.3 Å². The summed E-state index contributed by atoms with van der Waals surface area (Å²) >= 11 is 0. The van der Waals surface area contributed by atoms with Crippen molar-refractivity contribution in [3.63, 3.8) is 0 Å². The lowest BCUT2D eigenvalue weighted by atomic mass is 10.2. The van der Waals surface area contributed by atoms with Gasteiger partial charge in [0, 0.05) is 6.42 Å². The van der Waals surface area contributed by atoms with Crippen molar-refractivity contribution in [3.8, 4) is 11.5 Å². The van der Waals surface area contributed by atoms with Gasteiger partial charge in [-0.2, -0.15) is 13.2 Å². The van der Waals surface area contributed by atoms with Gasteiger partial charge in [0.05, 0.1) is 13.2 Å². The first-order chi connectivity index (χ1) is 10.4. The fraction of sp³-hybridized carbons (Fsp3) is 0.500. The molecule has 2 rings (SSSR count). The Kier molecular flexibility index (Phi) is 5.48. The zero-order chi connectivity index (χ0) is 16.0. The van der Waals surface area contributed by atoms with Crippen LogP contribution in [-0.4, -0.2) is 44.6 Å². The fourth-order valence-electron chi connectivity index (χ4n) is 1.83. The SMILES string of the molecule is O=C(CCOCC(F)(F)F)NCC1COc2ccccc2O1. The summed E-state index contributed by atoms with van der Waals surface area (Å²) in [6, 6.07) is 7.17. The average Bonchev–Trinajstić information content (AvgIpc) is 2.48. The molecule has 1 aromatic rings. The second-order valence-electron chi connectivity index (χ2n) is 4.72. The number of para-hydroxylation sites is 2. The van der Waals surface area contributed by atoms with Crippen molar-refractivity contribution in [2.24, 2.45) is 0 Å². The molecule has 0 aliphatic carbocycles. The molecule has 0 saturated carbocycles. The van der Waals surface area contributed by atoms with Crippen molar-refractivity contribution < 1.29 is 32.2 Å². The molecule has 1 atom stereocenters. The van der Waals surface area contributed by atoms with E-state index in [0.29, 0.717) is 18.1 Å². The first kappa shape index (κ1) is 16.4. The first-order valence-corrected chi connectivity index (χ1v) is 6.74. The maximum absolute atomic E-state index is 11.8. The molecule has 5 nitrogen and oxygen atoms in total. The number of benzene rings is 1. The lowest BCUT2D eigenvalue weighted by Gasteiger charge is -2.26. The van der Waals surface area contributed by atoms with E-state index in [1.807, 2.05) is 6.07 Å². The second kappa shape index (κ2) is 7.35. The molecule has 1 amide bonds. The lowest BCUT2D eigenvalue weighted by molar-refractivity contribution is -0.174. The number of halogens is 3. The molecule has 0 radical (unpaired) electrons. The Morgan fingerprint density at radius 2 is 2.05 bits per heavy atom. The Hall–Kier alpha value is -1.96. The van der Waals surface area contributed by atoms with Gasteiger partial charge in [-0.15, -0.1) is 0 Å². The van der Waals surface area contributed by atoms with E-state index in [1.54, 1.807) is 18.2 Å². The van der Waals surface area contributed by atoms with Crippen LogP contribution in [0.25, 0.3) is 0 Å². The van der Waals surface area contributed by atoms with Crippen LogP contribution in [0.3, 0.4) is 0 Å². The molecular formula is C14H16F3NO4. The van der Waals surface area contributed by atoms with Crippen LogP contribution in [0.1, 0.15) is 6.42 Å². The predicted molar refractivity (Wildman–Crippen MR) is 70.9 cm³/mol. The summed E-state index contributed by atoms with van der Waals surface area (Å²) in [7, 11) is 0. The van der Waals surface area contributed by atoms with Crippen molar-refractivity contribution in [1.82, 2.24) is 5.32 Å². The Morgan fingerprint density at radius 3 is 2.77 bits per heavy atom. The molecule has 1 aliphatic heterocycles. The Balaban J connectivity index is 1.63. The molecule has 0 bridgehead atoms. The van der Waals surface area contributed by atoms with Crippen molar-refractivity contribution >= 4 is 5.91 Å². The van der Waals surface area contributed by atoms with Crippen LogP contribution in [-0.2, 0) is 9.53 Å². The number of ether oxygens (including phenoxy) is 3. The molecule has 1 N–H and O–H groups in total. The van der Waals surface area contributed by atoms with Gasteiger partial charge in [0.25, 0.3) is 0 Å². The number of alkyl halides is 3. The molecule has 1 heterocycles. The van der Waals surface area contributed by atoms with Gasteiger partial charge in [0.1, 0.15) is 19.3 Å². The summed E-state index contributed by atoms with van der Waals surface area (Å²) in [4.78, 5) is 11.5. The average molecular weight is 319 g/mol. The summed E-state index contributed by atoms with van der Waals surface area (Å²) in [5, 5.41) is 2.58. The van der Waals surface area contributed by atoms with Crippen molar-refractivity contribution in [2.75, 3.05) is 26.4 Å². The van der Waals surface area contributed by atoms with E-state index >= 15 is 0 Å². The number of carbonyl (C=O) groups is 1. The van der Waals surface area contributed by atoms with E-state index in [4.69, 9.17) is 9.47 Å². The van der Waals surface area contributed by atoms with E-state index in [9.17, 15) is 18.0 Å². The molecule has 0 aromatic heterocycles. The molecule has 0 spiro atoms. The van der Waals surface area contributed by atoms with Gasteiger partial charge in [0.2, 0.25) is 5.91 Å². The monoisotopic (exact) mass is 319 g/mol. The third kappa shape index (κ3) is 5.44. The van der Waals surface area contributed by atoms with Gasteiger partial charge >= 0.3 is 6.18 Å². The minimum Gasteiger partial charge on any atom is -0.486 e. The number of fused-ring (bicyclic) bond motifs is 1. The minimum atomic E-state index is -4.38. The second-order valence-corrected chi connectivity index (χ2v) is 4.72. The quantitative estimate of drug-likeness (QED) is 0.814. The third-order valence-corrected chi connectivity index (χ3v) is 2.83. The van der Waals surface area contributed by atoms with Crippen molar-refractivity contribution in [3.05, 3.63) is 24.3 Å². The van der Waals surface area contributed by atoms with E-state index in [0.717, 1.165) is 0 Å². The molecule has 1 unspecified atom stereocenters. The molecule has 8 heteroatoms. The first-order valence-electron chi connectivity index (χ1n) is 6.74. The van der Waals surface area contributed by atoms with E-state index in [2.05, 4.69) is 10.1 Å².